The van der Waals surface area contributed by atoms with Crippen LogP contribution in [0.5, 0.6) is 5.75 Å². The molecule has 0 fully saturated rings. The summed E-state index contributed by atoms with van der Waals surface area (Å²) in [5.41, 5.74) is 6.57. The number of fused-ring (bicyclic) bond motifs is 1. The van der Waals surface area contributed by atoms with E-state index in [9.17, 15) is 18.0 Å². The van der Waals surface area contributed by atoms with Gasteiger partial charge in [-0.1, -0.05) is 35.9 Å². The number of benzene rings is 2. The molecule has 0 aliphatic carbocycles. The molecule has 1 unspecified atom stereocenters. The second kappa shape index (κ2) is 6.66. The van der Waals surface area contributed by atoms with Gasteiger partial charge in [0, 0.05) is 22.7 Å². The van der Waals surface area contributed by atoms with Crippen molar-refractivity contribution in [2.75, 3.05) is 0 Å². The molecule has 26 heavy (non-hydrogen) atoms. The molecule has 2 aromatic carbocycles. The maximum atomic E-state index is 13.3. The van der Waals surface area contributed by atoms with Crippen LogP contribution >= 0.6 is 11.6 Å². The number of hydrogen-bond acceptors (Lipinski definition) is 3. The van der Waals surface area contributed by atoms with Crippen LogP contribution in [0.25, 0.3) is 17.2 Å². The van der Waals surface area contributed by atoms with Crippen LogP contribution in [0, 0.1) is 0 Å². The number of carboxylic acids is 1. The Kier molecular flexibility index (Phi) is 4.68. The molecule has 4 nitrogen and oxygen atoms in total. The Bertz CT molecular complexity index is 909. The van der Waals surface area contributed by atoms with Crippen molar-refractivity contribution in [3.8, 4) is 16.9 Å². The first-order valence-corrected chi connectivity index (χ1v) is 7.90. The van der Waals surface area contributed by atoms with Crippen LogP contribution in [0.2, 0.25) is 5.02 Å². The van der Waals surface area contributed by atoms with Crippen LogP contribution in [0.15, 0.2) is 42.0 Å². The summed E-state index contributed by atoms with van der Waals surface area (Å²) in [6, 6.07) is 9.74. The summed E-state index contributed by atoms with van der Waals surface area (Å²) in [6.07, 6.45) is -6.51. The second-order valence-electron chi connectivity index (χ2n) is 5.68. The van der Waals surface area contributed by atoms with Gasteiger partial charge in [0.1, 0.15) is 5.75 Å². The lowest BCUT2D eigenvalue weighted by Crippen LogP contribution is -2.40. The summed E-state index contributed by atoms with van der Waals surface area (Å²) in [5, 5.41) is 9.37. The molecule has 3 N–H and O–H groups in total. The highest BCUT2D eigenvalue weighted by molar-refractivity contribution is 6.31. The van der Waals surface area contributed by atoms with E-state index in [2.05, 4.69) is 0 Å². The molecular formula is C18H13ClF3NO3. The van der Waals surface area contributed by atoms with Gasteiger partial charge in [-0.2, -0.15) is 13.2 Å². The zero-order valence-electron chi connectivity index (χ0n) is 13.2. The SMILES string of the molecule is NCc1ccccc1-c1cc(Cl)cc2c1OC(C(F)(F)F)C(C(=O)O)=C2. The van der Waals surface area contributed by atoms with Gasteiger partial charge in [-0.05, 0) is 29.3 Å². The molecule has 0 spiro atoms. The van der Waals surface area contributed by atoms with Gasteiger partial charge in [0.2, 0.25) is 6.10 Å². The van der Waals surface area contributed by atoms with E-state index >= 15 is 0 Å². The smallest absolute Gasteiger partial charge is 0.430 e. The molecule has 136 valence electrons. The number of aliphatic carboxylic acids is 1. The van der Waals surface area contributed by atoms with E-state index in [1.807, 2.05) is 0 Å². The maximum Gasteiger partial charge on any atom is 0.430 e. The van der Waals surface area contributed by atoms with Gasteiger partial charge in [-0.15, -0.1) is 0 Å². The van der Waals surface area contributed by atoms with E-state index in [4.69, 9.17) is 27.2 Å². The molecule has 1 aliphatic rings. The van der Waals surface area contributed by atoms with E-state index < -0.39 is 23.8 Å². The molecule has 0 saturated heterocycles. The standard InChI is InChI=1S/C18H13ClF3NO3/c19-11-5-10-6-14(17(24)25)16(18(20,21)22)26-15(10)13(7-11)12-4-2-1-3-9(12)8-23/h1-7,16H,8,23H2,(H,24,25). The van der Waals surface area contributed by atoms with E-state index in [0.29, 0.717) is 16.7 Å². The highest BCUT2D eigenvalue weighted by atomic mass is 35.5. The van der Waals surface area contributed by atoms with E-state index in [0.717, 1.165) is 6.08 Å². The quantitative estimate of drug-likeness (QED) is 0.830. The number of rotatable bonds is 3. The molecule has 0 radical (unpaired) electrons. The maximum absolute atomic E-state index is 13.3. The Morgan fingerprint density at radius 3 is 2.54 bits per heavy atom. The summed E-state index contributed by atoms with van der Waals surface area (Å²) < 4.78 is 45.1. The van der Waals surface area contributed by atoms with E-state index in [-0.39, 0.29) is 22.9 Å². The van der Waals surface area contributed by atoms with Crippen LogP contribution in [-0.2, 0) is 11.3 Å². The van der Waals surface area contributed by atoms with Crippen molar-refractivity contribution in [3.05, 3.63) is 58.1 Å². The molecule has 1 atom stereocenters. The van der Waals surface area contributed by atoms with Crippen molar-refractivity contribution in [2.45, 2.75) is 18.8 Å². The number of hydrogen-bond donors (Lipinski definition) is 2. The highest BCUT2D eigenvalue weighted by Gasteiger charge is 2.48. The molecule has 0 amide bonds. The minimum atomic E-state index is -4.88. The van der Waals surface area contributed by atoms with Gasteiger partial charge in [0.15, 0.2) is 0 Å². The van der Waals surface area contributed by atoms with Gasteiger partial charge in [-0.25, -0.2) is 4.79 Å². The van der Waals surface area contributed by atoms with E-state index in [1.165, 1.54) is 12.1 Å². The largest absolute Gasteiger partial charge is 0.478 e. The van der Waals surface area contributed by atoms with Crippen LogP contribution in [0.3, 0.4) is 0 Å². The number of nitrogens with two attached hydrogens (primary N) is 1. The molecule has 0 aromatic heterocycles. The Hall–Kier alpha value is -2.51. The average molecular weight is 384 g/mol. The number of ether oxygens (including phenoxy) is 1. The lowest BCUT2D eigenvalue weighted by molar-refractivity contribution is -0.187. The first-order chi connectivity index (χ1) is 12.2. The first-order valence-electron chi connectivity index (χ1n) is 7.52. The second-order valence-corrected chi connectivity index (χ2v) is 6.11. The van der Waals surface area contributed by atoms with Crippen molar-refractivity contribution >= 4 is 23.6 Å². The van der Waals surface area contributed by atoms with Crippen molar-refractivity contribution in [3.63, 3.8) is 0 Å². The van der Waals surface area contributed by atoms with Gasteiger partial charge in [0.05, 0.1) is 5.57 Å². The summed E-state index contributed by atoms with van der Waals surface area (Å²) >= 11 is 6.10. The number of alkyl halides is 3. The minimum Gasteiger partial charge on any atom is -0.478 e. The van der Waals surface area contributed by atoms with Gasteiger partial charge in [-0.3, -0.25) is 0 Å². The third-order valence-corrected chi connectivity index (χ3v) is 4.20. The minimum absolute atomic E-state index is 0.0809. The third kappa shape index (κ3) is 3.27. The lowest BCUT2D eigenvalue weighted by atomic mass is 9.93. The molecule has 8 heteroatoms. The normalized spacial score (nSPS) is 16.5. The average Bonchev–Trinajstić information content (AvgIpc) is 2.58. The van der Waals surface area contributed by atoms with Crippen molar-refractivity contribution in [1.82, 2.24) is 0 Å². The number of halogens is 4. The predicted octanol–water partition coefficient (Wildman–Crippen LogP) is 4.26. The highest BCUT2D eigenvalue weighted by Crippen LogP contribution is 2.44. The molecule has 1 heterocycles. The zero-order valence-corrected chi connectivity index (χ0v) is 13.9. The summed E-state index contributed by atoms with van der Waals surface area (Å²) in [7, 11) is 0. The predicted molar refractivity (Wildman–Crippen MR) is 90.9 cm³/mol. The molecule has 2 aromatic rings. The topological polar surface area (TPSA) is 72.5 Å². The summed E-state index contributed by atoms with van der Waals surface area (Å²) in [4.78, 5) is 11.3. The summed E-state index contributed by atoms with van der Waals surface area (Å²) in [5.74, 6) is -1.79. The van der Waals surface area contributed by atoms with Crippen LogP contribution in [0.4, 0.5) is 13.2 Å². The van der Waals surface area contributed by atoms with Gasteiger partial charge >= 0.3 is 12.1 Å². The fourth-order valence-electron chi connectivity index (χ4n) is 2.86. The van der Waals surface area contributed by atoms with Gasteiger partial charge < -0.3 is 15.6 Å². The Labute approximate surface area is 151 Å². The Morgan fingerprint density at radius 1 is 1.23 bits per heavy atom. The number of carbonyl (C=O) groups is 1. The van der Waals surface area contributed by atoms with Crippen molar-refractivity contribution in [1.29, 1.82) is 0 Å². The van der Waals surface area contributed by atoms with Crippen molar-refractivity contribution in [2.24, 2.45) is 5.73 Å². The molecule has 0 bridgehead atoms. The summed E-state index contributed by atoms with van der Waals surface area (Å²) in [6.45, 7) is 0.163. The van der Waals surface area contributed by atoms with Crippen LogP contribution in [-0.4, -0.2) is 23.4 Å². The fraction of sp³-hybridized carbons (Fsp3) is 0.167. The first kappa shape index (κ1) is 18.3. The number of carboxylic acid groups (broad SMARTS) is 1. The van der Waals surface area contributed by atoms with Crippen LogP contribution < -0.4 is 10.5 Å². The molecule has 0 saturated carbocycles. The molecule has 3 rings (SSSR count). The Morgan fingerprint density at radius 2 is 1.92 bits per heavy atom. The monoisotopic (exact) mass is 383 g/mol. The lowest BCUT2D eigenvalue weighted by Gasteiger charge is -2.29. The molecule has 1 aliphatic heterocycles. The third-order valence-electron chi connectivity index (χ3n) is 3.98. The Balaban J connectivity index is 2.26. The van der Waals surface area contributed by atoms with Crippen molar-refractivity contribution < 1.29 is 27.8 Å². The van der Waals surface area contributed by atoms with Gasteiger partial charge in [0.25, 0.3) is 0 Å². The fourth-order valence-corrected chi connectivity index (χ4v) is 3.08. The van der Waals surface area contributed by atoms with Crippen LogP contribution in [0.1, 0.15) is 11.1 Å². The molecular weight excluding hydrogens is 371 g/mol. The van der Waals surface area contributed by atoms with E-state index in [1.54, 1.807) is 24.3 Å². The zero-order chi connectivity index (χ0) is 19.1.